The lowest BCUT2D eigenvalue weighted by molar-refractivity contribution is 0.357. The monoisotopic (exact) mass is 351 g/mol. The molecule has 0 amide bonds. The maximum absolute atomic E-state index is 6.32. The normalized spacial score (nSPS) is 14.8. The summed E-state index contributed by atoms with van der Waals surface area (Å²) in [6.07, 6.45) is 1.70. The number of ether oxygens (including phenoxy) is 1. The smallest absolute Gasteiger partial charge is 0.122 e. The van der Waals surface area contributed by atoms with Crippen LogP contribution in [0.3, 0.4) is 0 Å². The Morgan fingerprint density at radius 2 is 2.10 bits per heavy atom. The van der Waals surface area contributed by atoms with E-state index < -0.39 is 0 Å². The van der Waals surface area contributed by atoms with Gasteiger partial charge in [-0.3, -0.25) is 0 Å². The fraction of sp³-hybridized carbons (Fsp3) is 0.250. The molecule has 1 aliphatic heterocycles. The maximum Gasteiger partial charge on any atom is 0.122 e. The van der Waals surface area contributed by atoms with Crippen molar-refractivity contribution >= 4 is 27.5 Å². The van der Waals surface area contributed by atoms with E-state index in [4.69, 9.17) is 22.1 Å². The molecule has 104 valence electrons. The highest BCUT2D eigenvalue weighted by Crippen LogP contribution is 2.30. The molecule has 2 aromatic rings. The van der Waals surface area contributed by atoms with Crippen molar-refractivity contribution in [2.45, 2.75) is 18.9 Å². The Hall–Kier alpha value is -1.03. The van der Waals surface area contributed by atoms with Gasteiger partial charge in [-0.2, -0.15) is 0 Å². The average molecular weight is 353 g/mol. The minimum Gasteiger partial charge on any atom is -0.493 e. The second-order valence-electron chi connectivity index (χ2n) is 5.01. The lowest BCUT2D eigenvalue weighted by atomic mass is 9.97. The van der Waals surface area contributed by atoms with Crippen LogP contribution in [0.15, 0.2) is 40.9 Å². The van der Waals surface area contributed by atoms with Crippen LogP contribution >= 0.6 is 27.5 Å². The molecule has 1 atom stereocenters. The van der Waals surface area contributed by atoms with Crippen molar-refractivity contribution in [3.8, 4) is 5.75 Å². The molecule has 0 fully saturated rings. The molecule has 20 heavy (non-hydrogen) atoms. The molecule has 0 saturated heterocycles. The van der Waals surface area contributed by atoms with E-state index in [1.807, 2.05) is 30.3 Å². The molecule has 2 N–H and O–H groups in total. The minimum absolute atomic E-state index is 0.0559. The third-order valence-corrected chi connectivity index (χ3v) is 4.44. The predicted octanol–water partition coefficient (Wildman–Crippen LogP) is 4.28. The lowest BCUT2D eigenvalue weighted by Gasteiger charge is -2.14. The van der Waals surface area contributed by atoms with E-state index >= 15 is 0 Å². The van der Waals surface area contributed by atoms with E-state index in [9.17, 15) is 0 Å². The molecule has 1 heterocycles. The molecule has 1 aliphatic rings. The molecule has 0 saturated carbocycles. The van der Waals surface area contributed by atoms with Crippen LogP contribution in [0.1, 0.15) is 22.7 Å². The van der Waals surface area contributed by atoms with Gasteiger partial charge in [0.05, 0.1) is 6.61 Å². The summed E-state index contributed by atoms with van der Waals surface area (Å²) in [6, 6.07) is 12.1. The molecule has 2 nitrogen and oxygen atoms in total. The Labute approximate surface area is 132 Å². The van der Waals surface area contributed by atoms with E-state index in [0.717, 1.165) is 45.8 Å². The van der Waals surface area contributed by atoms with Gasteiger partial charge in [-0.05, 0) is 41.3 Å². The van der Waals surface area contributed by atoms with E-state index in [1.165, 1.54) is 5.56 Å². The van der Waals surface area contributed by atoms with Gasteiger partial charge in [-0.1, -0.05) is 45.7 Å². The number of rotatable bonds is 3. The van der Waals surface area contributed by atoms with Gasteiger partial charge in [0.1, 0.15) is 5.75 Å². The van der Waals surface area contributed by atoms with Crippen LogP contribution in [-0.4, -0.2) is 6.61 Å². The number of benzene rings is 2. The van der Waals surface area contributed by atoms with Gasteiger partial charge in [0.2, 0.25) is 0 Å². The van der Waals surface area contributed by atoms with E-state index in [-0.39, 0.29) is 6.04 Å². The third-order valence-electron chi connectivity index (χ3n) is 3.60. The van der Waals surface area contributed by atoms with Crippen molar-refractivity contribution in [3.63, 3.8) is 0 Å². The maximum atomic E-state index is 6.32. The van der Waals surface area contributed by atoms with Gasteiger partial charge in [-0.15, -0.1) is 0 Å². The van der Waals surface area contributed by atoms with Gasteiger partial charge in [-0.25, -0.2) is 0 Å². The van der Waals surface area contributed by atoms with Gasteiger partial charge in [0.15, 0.2) is 0 Å². The van der Waals surface area contributed by atoms with Gasteiger partial charge in [0, 0.05) is 22.0 Å². The second kappa shape index (κ2) is 5.76. The largest absolute Gasteiger partial charge is 0.493 e. The SMILES string of the molecule is NC(Cc1ccc(Br)cc1Cl)c1ccc2c(c1)CCO2. The van der Waals surface area contributed by atoms with Crippen molar-refractivity contribution in [1.82, 2.24) is 0 Å². The van der Waals surface area contributed by atoms with Crippen LogP contribution in [0.2, 0.25) is 5.02 Å². The Morgan fingerprint density at radius 1 is 1.25 bits per heavy atom. The fourth-order valence-electron chi connectivity index (χ4n) is 2.48. The van der Waals surface area contributed by atoms with Crippen LogP contribution in [0.4, 0.5) is 0 Å². The van der Waals surface area contributed by atoms with Crippen LogP contribution < -0.4 is 10.5 Å². The zero-order valence-electron chi connectivity index (χ0n) is 10.9. The standard InChI is InChI=1S/C16H15BrClNO/c17-13-3-1-10(14(18)9-13)8-15(19)11-2-4-16-12(7-11)5-6-20-16/h1-4,7,9,15H,5-6,8,19H2. The summed E-state index contributed by atoms with van der Waals surface area (Å²) in [5, 5.41) is 0.749. The fourth-order valence-corrected chi connectivity index (χ4v) is 3.23. The highest BCUT2D eigenvalue weighted by molar-refractivity contribution is 9.10. The zero-order valence-corrected chi connectivity index (χ0v) is 13.2. The zero-order chi connectivity index (χ0) is 14.1. The summed E-state index contributed by atoms with van der Waals surface area (Å²) in [7, 11) is 0. The third kappa shape index (κ3) is 2.85. The first kappa shape index (κ1) is 13.9. The first-order chi connectivity index (χ1) is 9.63. The molecule has 3 rings (SSSR count). The molecule has 0 bridgehead atoms. The summed E-state index contributed by atoms with van der Waals surface area (Å²) in [5.41, 5.74) is 9.77. The topological polar surface area (TPSA) is 35.2 Å². The van der Waals surface area contributed by atoms with Gasteiger partial charge < -0.3 is 10.5 Å². The van der Waals surface area contributed by atoms with Crippen molar-refractivity contribution < 1.29 is 4.74 Å². The predicted molar refractivity (Wildman–Crippen MR) is 85.4 cm³/mol. The molecule has 1 unspecified atom stereocenters. The van der Waals surface area contributed by atoms with E-state index in [2.05, 4.69) is 22.0 Å². The van der Waals surface area contributed by atoms with Crippen LogP contribution in [-0.2, 0) is 12.8 Å². The average Bonchev–Trinajstić information content (AvgIpc) is 2.89. The van der Waals surface area contributed by atoms with Crippen LogP contribution in [0.5, 0.6) is 5.75 Å². The lowest BCUT2D eigenvalue weighted by Crippen LogP contribution is -2.13. The van der Waals surface area contributed by atoms with Crippen molar-refractivity contribution in [3.05, 3.63) is 62.6 Å². The highest BCUT2D eigenvalue weighted by Gasteiger charge is 2.15. The van der Waals surface area contributed by atoms with Gasteiger partial charge >= 0.3 is 0 Å². The summed E-state index contributed by atoms with van der Waals surface area (Å²) >= 11 is 9.66. The molecular formula is C16H15BrClNO. The molecule has 0 radical (unpaired) electrons. The first-order valence-corrected chi connectivity index (χ1v) is 7.76. The summed E-state index contributed by atoms with van der Waals surface area (Å²) in [5.74, 6) is 0.989. The van der Waals surface area contributed by atoms with E-state index in [1.54, 1.807) is 0 Å². The molecule has 4 heteroatoms. The minimum atomic E-state index is -0.0559. The Kier molecular flexibility index (Phi) is 4.01. The first-order valence-electron chi connectivity index (χ1n) is 6.58. The summed E-state index contributed by atoms with van der Waals surface area (Å²) in [6.45, 7) is 0.770. The van der Waals surface area contributed by atoms with Crippen molar-refractivity contribution in [1.29, 1.82) is 0 Å². The Balaban J connectivity index is 1.80. The molecule has 0 aliphatic carbocycles. The van der Waals surface area contributed by atoms with E-state index in [0.29, 0.717) is 0 Å². The highest BCUT2D eigenvalue weighted by atomic mass is 79.9. The van der Waals surface area contributed by atoms with Crippen LogP contribution in [0.25, 0.3) is 0 Å². The quantitative estimate of drug-likeness (QED) is 0.895. The number of halogens is 2. The molecule has 0 aromatic heterocycles. The van der Waals surface area contributed by atoms with Gasteiger partial charge in [0.25, 0.3) is 0 Å². The van der Waals surface area contributed by atoms with Crippen molar-refractivity contribution in [2.24, 2.45) is 5.73 Å². The summed E-state index contributed by atoms with van der Waals surface area (Å²) in [4.78, 5) is 0. The Bertz CT molecular complexity index is 644. The molecule has 2 aromatic carbocycles. The Morgan fingerprint density at radius 3 is 2.90 bits per heavy atom. The molecule has 0 spiro atoms. The second-order valence-corrected chi connectivity index (χ2v) is 6.33. The van der Waals surface area contributed by atoms with Crippen LogP contribution in [0, 0.1) is 0 Å². The van der Waals surface area contributed by atoms with Crippen molar-refractivity contribution in [2.75, 3.05) is 6.61 Å². The number of hydrogen-bond donors (Lipinski definition) is 1. The number of fused-ring (bicyclic) bond motifs is 1. The number of nitrogens with two attached hydrogens (primary N) is 1. The summed E-state index contributed by atoms with van der Waals surface area (Å²) < 4.78 is 6.50. The number of hydrogen-bond acceptors (Lipinski definition) is 2. The molecular weight excluding hydrogens is 338 g/mol.